The van der Waals surface area contributed by atoms with Crippen molar-refractivity contribution in [3.8, 4) is 0 Å². The lowest BCUT2D eigenvalue weighted by atomic mass is 10.1. The van der Waals surface area contributed by atoms with Gasteiger partial charge >= 0.3 is 0 Å². The van der Waals surface area contributed by atoms with Gasteiger partial charge in [0.15, 0.2) is 0 Å². The number of carbonyl (C=O) groups is 1. The van der Waals surface area contributed by atoms with Crippen molar-refractivity contribution in [1.29, 1.82) is 0 Å². The Morgan fingerprint density at radius 2 is 2.08 bits per heavy atom. The molecule has 2 aliphatic rings. The molecule has 2 heterocycles. The summed E-state index contributed by atoms with van der Waals surface area (Å²) in [6.45, 7) is 2.65. The Labute approximate surface area is 72.7 Å². The van der Waals surface area contributed by atoms with E-state index in [-0.39, 0.29) is 12.0 Å². The van der Waals surface area contributed by atoms with Crippen LogP contribution in [0, 0.1) is 0 Å². The van der Waals surface area contributed by atoms with Crippen molar-refractivity contribution in [3.05, 3.63) is 0 Å². The van der Waals surface area contributed by atoms with E-state index in [1.54, 1.807) is 0 Å². The van der Waals surface area contributed by atoms with E-state index < -0.39 is 0 Å². The normalized spacial score (nSPS) is 29.7. The van der Waals surface area contributed by atoms with E-state index in [9.17, 15) is 4.79 Å². The van der Waals surface area contributed by atoms with Gasteiger partial charge in [-0.3, -0.25) is 4.79 Å². The van der Waals surface area contributed by atoms with Crippen LogP contribution in [0.4, 0.5) is 0 Å². The average molecular weight is 169 g/mol. The number of nitrogens with zero attached hydrogens (tertiary/aromatic N) is 1. The van der Waals surface area contributed by atoms with Gasteiger partial charge < -0.3 is 9.64 Å². The fraction of sp³-hybridized carbons (Fsp3) is 0.889. The first-order chi connectivity index (χ1) is 5.88. The SMILES string of the molecule is O=C(C1CCCCO1)N1CCC1. The van der Waals surface area contributed by atoms with Crippen LogP contribution in [0.1, 0.15) is 25.7 Å². The molecule has 12 heavy (non-hydrogen) atoms. The third-order valence-corrected chi connectivity index (χ3v) is 2.62. The standard InChI is InChI=1S/C9H15NO2/c11-9(10-5-3-6-10)8-4-1-2-7-12-8/h8H,1-7H2. The molecule has 3 nitrogen and oxygen atoms in total. The predicted molar refractivity (Wildman–Crippen MR) is 44.8 cm³/mol. The number of rotatable bonds is 1. The molecule has 1 unspecified atom stereocenters. The molecule has 2 saturated heterocycles. The van der Waals surface area contributed by atoms with Crippen LogP contribution < -0.4 is 0 Å². The summed E-state index contributed by atoms with van der Waals surface area (Å²) in [6, 6.07) is 0. The number of carbonyl (C=O) groups excluding carboxylic acids is 1. The molecule has 0 aromatic heterocycles. The second kappa shape index (κ2) is 3.44. The maximum Gasteiger partial charge on any atom is 0.251 e. The summed E-state index contributed by atoms with van der Waals surface area (Å²) >= 11 is 0. The van der Waals surface area contributed by atoms with Crippen LogP contribution >= 0.6 is 0 Å². The van der Waals surface area contributed by atoms with E-state index in [1.807, 2.05) is 4.90 Å². The number of amides is 1. The summed E-state index contributed by atoms with van der Waals surface area (Å²) in [6.07, 6.45) is 4.24. The topological polar surface area (TPSA) is 29.5 Å². The van der Waals surface area contributed by atoms with Gasteiger partial charge in [0.1, 0.15) is 6.10 Å². The summed E-state index contributed by atoms with van der Waals surface area (Å²) in [4.78, 5) is 13.5. The van der Waals surface area contributed by atoms with Crippen LogP contribution in [0.2, 0.25) is 0 Å². The first kappa shape index (κ1) is 8.05. The third kappa shape index (κ3) is 1.46. The van der Waals surface area contributed by atoms with Crippen LogP contribution in [0.15, 0.2) is 0 Å². The van der Waals surface area contributed by atoms with Crippen LogP contribution in [0.25, 0.3) is 0 Å². The quantitative estimate of drug-likeness (QED) is 0.580. The van der Waals surface area contributed by atoms with Crippen molar-refractivity contribution in [2.45, 2.75) is 31.8 Å². The Hall–Kier alpha value is -0.570. The average Bonchev–Trinajstić information content (AvgIpc) is 2.03. The molecule has 3 heteroatoms. The molecule has 0 spiro atoms. The Morgan fingerprint density at radius 1 is 1.25 bits per heavy atom. The molecule has 68 valence electrons. The van der Waals surface area contributed by atoms with Crippen molar-refractivity contribution >= 4 is 5.91 Å². The monoisotopic (exact) mass is 169 g/mol. The van der Waals surface area contributed by atoms with Gasteiger partial charge in [0.2, 0.25) is 0 Å². The fourth-order valence-corrected chi connectivity index (χ4v) is 1.68. The molecule has 0 saturated carbocycles. The summed E-state index contributed by atoms with van der Waals surface area (Å²) < 4.78 is 5.41. The van der Waals surface area contributed by atoms with E-state index in [4.69, 9.17) is 4.74 Å². The summed E-state index contributed by atoms with van der Waals surface area (Å²) in [7, 11) is 0. The minimum Gasteiger partial charge on any atom is -0.368 e. The summed E-state index contributed by atoms with van der Waals surface area (Å²) in [5, 5.41) is 0. The van der Waals surface area contributed by atoms with Gasteiger partial charge in [-0.2, -0.15) is 0 Å². The maximum absolute atomic E-state index is 11.6. The molecule has 2 rings (SSSR count). The molecular weight excluding hydrogens is 154 g/mol. The molecule has 0 aromatic rings. The van der Waals surface area contributed by atoms with E-state index >= 15 is 0 Å². The zero-order chi connectivity index (χ0) is 8.39. The zero-order valence-electron chi connectivity index (χ0n) is 7.29. The Morgan fingerprint density at radius 3 is 2.58 bits per heavy atom. The molecule has 0 N–H and O–H groups in total. The highest BCUT2D eigenvalue weighted by Gasteiger charge is 2.29. The predicted octanol–water partition coefficient (Wildman–Crippen LogP) is 0.788. The van der Waals surface area contributed by atoms with Crippen LogP contribution in [0.3, 0.4) is 0 Å². The highest BCUT2D eigenvalue weighted by atomic mass is 16.5. The van der Waals surface area contributed by atoms with Gasteiger partial charge in [0.05, 0.1) is 0 Å². The smallest absolute Gasteiger partial charge is 0.251 e. The van der Waals surface area contributed by atoms with E-state index in [2.05, 4.69) is 0 Å². The molecular formula is C9H15NO2. The maximum atomic E-state index is 11.6. The highest BCUT2D eigenvalue weighted by Crippen LogP contribution is 2.17. The third-order valence-electron chi connectivity index (χ3n) is 2.62. The second-order valence-corrected chi connectivity index (χ2v) is 3.53. The van der Waals surface area contributed by atoms with Gasteiger partial charge in [0.25, 0.3) is 5.91 Å². The Kier molecular flexibility index (Phi) is 2.30. The minimum absolute atomic E-state index is 0.112. The molecule has 0 bridgehead atoms. The van der Waals surface area contributed by atoms with Crippen molar-refractivity contribution in [1.82, 2.24) is 4.90 Å². The Bertz CT molecular complexity index is 171. The lowest BCUT2D eigenvalue weighted by Crippen LogP contribution is -2.48. The number of hydrogen-bond acceptors (Lipinski definition) is 2. The van der Waals surface area contributed by atoms with Crippen LogP contribution in [-0.4, -0.2) is 36.6 Å². The molecule has 2 fully saturated rings. The van der Waals surface area contributed by atoms with Gasteiger partial charge in [-0.05, 0) is 25.7 Å². The molecule has 0 aliphatic carbocycles. The van der Waals surface area contributed by atoms with Gasteiger partial charge in [-0.1, -0.05) is 0 Å². The van der Waals surface area contributed by atoms with Crippen molar-refractivity contribution in [2.75, 3.05) is 19.7 Å². The van der Waals surface area contributed by atoms with Crippen molar-refractivity contribution in [3.63, 3.8) is 0 Å². The molecule has 0 aromatic carbocycles. The molecule has 1 amide bonds. The van der Waals surface area contributed by atoms with E-state index in [1.165, 1.54) is 6.42 Å². The van der Waals surface area contributed by atoms with Crippen molar-refractivity contribution < 1.29 is 9.53 Å². The highest BCUT2D eigenvalue weighted by molar-refractivity contribution is 5.81. The van der Waals surface area contributed by atoms with Crippen LogP contribution in [0.5, 0.6) is 0 Å². The van der Waals surface area contributed by atoms with Gasteiger partial charge in [-0.25, -0.2) is 0 Å². The first-order valence-electron chi connectivity index (χ1n) is 4.78. The summed E-state index contributed by atoms with van der Waals surface area (Å²) in [5.74, 6) is 0.223. The fourth-order valence-electron chi connectivity index (χ4n) is 1.68. The van der Waals surface area contributed by atoms with E-state index in [0.717, 1.165) is 39.0 Å². The van der Waals surface area contributed by atoms with Gasteiger partial charge in [-0.15, -0.1) is 0 Å². The minimum atomic E-state index is -0.112. The molecule has 0 radical (unpaired) electrons. The first-order valence-corrected chi connectivity index (χ1v) is 4.78. The van der Waals surface area contributed by atoms with Crippen LogP contribution in [-0.2, 0) is 9.53 Å². The number of hydrogen-bond donors (Lipinski definition) is 0. The lowest BCUT2D eigenvalue weighted by Gasteiger charge is -2.35. The molecule has 1 atom stereocenters. The lowest BCUT2D eigenvalue weighted by molar-refractivity contribution is -0.150. The second-order valence-electron chi connectivity index (χ2n) is 3.53. The number of ether oxygens (including phenoxy) is 1. The number of likely N-dealkylation sites (tertiary alicyclic amines) is 1. The largest absolute Gasteiger partial charge is 0.368 e. The van der Waals surface area contributed by atoms with E-state index in [0.29, 0.717) is 0 Å². The molecule has 2 aliphatic heterocycles. The summed E-state index contributed by atoms with van der Waals surface area (Å²) in [5.41, 5.74) is 0. The Balaban J connectivity index is 1.84. The zero-order valence-corrected chi connectivity index (χ0v) is 7.29. The van der Waals surface area contributed by atoms with Gasteiger partial charge in [0, 0.05) is 19.7 Å². The van der Waals surface area contributed by atoms with Crippen molar-refractivity contribution in [2.24, 2.45) is 0 Å².